The summed E-state index contributed by atoms with van der Waals surface area (Å²) in [5.41, 5.74) is 0.870. The van der Waals surface area contributed by atoms with Gasteiger partial charge >= 0.3 is 0 Å². The molecule has 0 bridgehead atoms. The second kappa shape index (κ2) is 4.82. The number of aliphatic imine (C=N–C) groups is 1. The number of nitriles is 1. The number of pyridine rings is 1. The molecule has 72 valence electrons. The molecule has 0 aliphatic heterocycles. The van der Waals surface area contributed by atoms with Gasteiger partial charge in [0, 0.05) is 16.4 Å². The van der Waals surface area contributed by atoms with Crippen LogP contribution in [0.15, 0.2) is 29.5 Å². The minimum absolute atomic E-state index is 0.432. The first-order valence-electron chi connectivity index (χ1n) is 4.08. The zero-order chi connectivity index (χ0) is 10.4. The van der Waals surface area contributed by atoms with E-state index in [0.29, 0.717) is 12.4 Å². The van der Waals surface area contributed by atoms with E-state index < -0.39 is 0 Å². The second-order valence-electron chi connectivity index (χ2n) is 2.73. The molecule has 5 heteroatoms. The van der Waals surface area contributed by atoms with Crippen LogP contribution in [0.1, 0.15) is 12.5 Å². The summed E-state index contributed by atoms with van der Waals surface area (Å²) in [6, 6.07) is 3.56. The van der Waals surface area contributed by atoms with E-state index in [4.69, 9.17) is 10.5 Å². The Morgan fingerprint density at radius 3 is 3.21 bits per heavy atom. The van der Waals surface area contributed by atoms with Crippen LogP contribution in [0.25, 0.3) is 0 Å². The maximum atomic E-state index is 9.08. The lowest BCUT2D eigenvalue weighted by atomic mass is 10.3. The van der Waals surface area contributed by atoms with E-state index in [1.165, 1.54) is 6.20 Å². The minimum atomic E-state index is 0.432. The molecule has 14 heavy (non-hydrogen) atoms. The second-order valence-corrected chi connectivity index (χ2v) is 2.73. The largest absolute Gasteiger partial charge is 0.285 e. The van der Waals surface area contributed by atoms with Crippen LogP contribution in [0.2, 0.25) is 0 Å². The van der Waals surface area contributed by atoms with Crippen LogP contribution >= 0.6 is 0 Å². The third-order valence-electron chi connectivity index (χ3n) is 1.58. The number of amidine groups is 1. The molecule has 1 aromatic heterocycles. The number of hydrogen-bond donors (Lipinski definition) is 2. The Bertz CT molecular complexity index is 381. The summed E-state index contributed by atoms with van der Waals surface area (Å²) in [4.78, 5) is 4.08. The monoisotopic (exact) mass is 191 g/mol. The first kappa shape index (κ1) is 9.99. The molecule has 0 aromatic carbocycles. The number of rotatable bonds is 2. The van der Waals surface area contributed by atoms with Crippen LogP contribution in [0.3, 0.4) is 0 Å². The van der Waals surface area contributed by atoms with Crippen molar-refractivity contribution in [3.63, 3.8) is 0 Å². The van der Waals surface area contributed by atoms with Crippen molar-refractivity contribution in [3.05, 3.63) is 30.1 Å². The van der Waals surface area contributed by atoms with E-state index in [1.807, 2.05) is 6.07 Å². The molecule has 2 N–H and O–H groups in total. The third kappa shape index (κ3) is 3.11. The van der Waals surface area contributed by atoms with Crippen molar-refractivity contribution >= 4 is 5.84 Å². The molecule has 0 aliphatic carbocycles. The molecule has 0 atom stereocenters. The van der Waals surface area contributed by atoms with Crippen molar-refractivity contribution in [2.45, 2.75) is 13.5 Å². The van der Waals surface area contributed by atoms with E-state index in [0.717, 1.165) is 10.3 Å². The Balaban J connectivity index is 2.62. The molecular weight excluding hydrogens is 180 g/mol. The van der Waals surface area contributed by atoms with Gasteiger partial charge in [-0.05, 0) is 13.0 Å². The normalized spacial score (nSPS) is 10.7. The Morgan fingerprint density at radius 2 is 2.57 bits per heavy atom. The van der Waals surface area contributed by atoms with Gasteiger partial charge in [-0.15, -0.1) is 0 Å². The van der Waals surface area contributed by atoms with Crippen molar-refractivity contribution in [1.29, 1.82) is 5.26 Å². The highest BCUT2D eigenvalue weighted by molar-refractivity contribution is 5.80. The van der Waals surface area contributed by atoms with Crippen molar-refractivity contribution in [2.75, 3.05) is 0 Å². The molecule has 0 radical (unpaired) electrons. The number of hydrogen-bond acceptors (Lipinski definition) is 3. The summed E-state index contributed by atoms with van der Waals surface area (Å²) in [5, 5.41) is 19.8. The van der Waals surface area contributed by atoms with Crippen molar-refractivity contribution in [3.8, 4) is 6.19 Å². The lowest BCUT2D eigenvalue weighted by Crippen LogP contribution is -2.28. The summed E-state index contributed by atoms with van der Waals surface area (Å²) in [7, 11) is 0. The van der Waals surface area contributed by atoms with Gasteiger partial charge in [-0.3, -0.25) is 15.5 Å². The van der Waals surface area contributed by atoms with Gasteiger partial charge in [-0.25, -0.2) is 0 Å². The summed E-state index contributed by atoms with van der Waals surface area (Å²) in [6.45, 7) is 2.14. The molecule has 0 saturated heterocycles. The first-order valence-corrected chi connectivity index (χ1v) is 4.08. The maximum absolute atomic E-state index is 9.08. The van der Waals surface area contributed by atoms with Crippen LogP contribution in [0.4, 0.5) is 0 Å². The lowest BCUT2D eigenvalue weighted by molar-refractivity contribution is -0.905. The fourth-order valence-corrected chi connectivity index (χ4v) is 0.935. The predicted molar refractivity (Wildman–Crippen MR) is 49.4 cm³/mol. The highest BCUT2D eigenvalue weighted by Crippen LogP contribution is 1.96. The maximum Gasteiger partial charge on any atom is 0.227 e. The molecule has 0 fully saturated rings. The van der Waals surface area contributed by atoms with Crippen LogP contribution in [-0.2, 0) is 6.54 Å². The molecule has 1 aromatic rings. The Hall–Kier alpha value is -2.09. The summed E-state index contributed by atoms with van der Waals surface area (Å²) >= 11 is 0. The van der Waals surface area contributed by atoms with E-state index in [-0.39, 0.29) is 0 Å². The van der Waals surface area contributed by atoms with Crippen LogP contribution < -0.4 is 10.0 Å². The fraction of sp³-hybridized carbons (Fsp3) is 0.222. The van der Waals surface area contributed by atoms with Gasteiger partial charge in [0.1, 0.15) is 5.84 Å². The van der Waals surface area contributed by atoms with Gasteiger partial charge in [0.15, 0.2) is 6.19 Å². The molecule has 0 aliphatic rings. The number of aromatic nitrogens is 1. The number of nitrogens with zero attached hydrogens (tertiary/aromatic N) is 3. The van der Waals surface area contributed by atoms with Gasteiger partial charge in [0.05, 0.1) is 6.54 Å². The van der Waals surface area contributed by atoms with Crippen molar-refractivity contribution < 1.29 is 9.94 Å². The van der Waals surface area contributed by atoms with Crippen molar-refractivity contribution in [2.24, 2.45) is 4.99 Å². The third-order valence-corrected chi connectivity index (χ3v) is 1.58. The minimum Gasteiger partial charge on any atom is -0.285 e. The molecule has 5 nitrogen and oxygen atoms in total. The molecule has 0 spiro atoms. The number of nitrogens with one attached hydrogen (secondary N) is 1. The zero-order valence-corrected chi connectivity index (χ0v) is 7.81. The Morgan fingerprint density at radius 1 is 1.79 bits per heavy atom. The SMILES string of the molecule is CC(=NCc1ccc[n+](O)c1)NC#N. The van der Waals surface area contributed by atoms with E-state index in [9.17, 15) is 0 Å². The van der Waals surface area contributed by atoms with Gasteiger partial charge in [0.2, 0.25) is 12.4 Å². The van der Waals surface area contributed by atoms with Crippen LogP contribution in [0.5, 0.6) is 0 Å². The van der Waals surface area contributed by atoms with Gasteiger partial charge in [-0.2, -0.15) is 5.26 Å². The quantitative estimate of drug-likeness (QED) is 0.175. The smallest absolute Gasteiger partial charge is 0.227 e. The zero-order valence-electron chi connectivity index (χ0n) is 7.81. The topological polar surface area (TPSA) is 72.3 Å². The van der Waals surface area contributed by atoms with Gasteiger partial charge in [0.25, 0.3) is 0 Å². The molecule has 0 amide bonds. The summed E-state index contributed by atoms with van der Waals surface area (Å²) in [5.74, 6) is 0.556. The molecular formula is C9H11N4O+. The highest BCUT2D eigenvalue weighted by atomic mass is 16.5. The average Bonchev–Trinajstić information content (AvgIpc) is 2.15. The van der Waals surface area contributed by atoms with E-state index >= 15 is 0 Å². The van der Waals surface area contributed by atoms with Crippen LogP contribution in [0, 0.1) is 11.5 Å². The molecule has 0 saturated carbocycles. The molecule has 1 heterocycles. The van der Waals surface area contributed by atoms with Crippen LogP contribution in [-0.4, -0.2) is 11.0 Å². The summed E-state index contributed by atoms with van der Waals surface area (Å²) < 4.78 is 0.970. The van der Waals surface area contributed by atoms with E-state index in [2.05, 4.69) is 10.3 Å². The van der Waals surface area contributed by atoms with Gasteiger partial charge in [-0.1, -0.05) is 0 Å². The fourth-order valence-electron chi connectivity index (χ4n) is 0.935. The highest BCUT2D eigenvalue weighted by Gasteiger charge is 1.98. The first-order chi connectivity index (χ1) is 6.72. The Kier molecular flexibility index (Phi) is 3.44. The molecule has 1 rings (SSSR count). The standard InChI is InChI=1S/C9H11N4O/c1-8(12-7-10)11-5-9-3-2-4-13(14)6-9/h2-4,6,14H,5H2,1H3,(H,11,12)/q+1. The summed E-state index contributed by atoms with van der Waals surface area (Å²) in [6.07, 6.45) is 4.86. The molecule has 0 unspecified atom stereocenters. The van der Waals surface area contributed by atoms with E-state index in [1.54, 1.807) is 25.4 Å². The lowest BCUT2D eigenvalue weighted by Gasteiger charge is -1.95. The Labute approximate surface area is 81.9 Å². The van der Waals surface area contributed by atoms with Gasteiger partial charge < -0.3 is 0 Å². The van der Waals surface area contributed by atoms with Crippen molar-refractivity contribution in [1.82, 2.24) is 5.32 Å². The predicted octanol–water partition coefficient (Wildman–Crippen LogP) is 0.200. The average molecular weight is 191 g/mol.